The van der Waals surface area contributed by atoms with Crippen molar-refractivity contribution in [1.29, 1.82) is 0 Å². The first-order chi connectivity index (χ1) is 12.7. The van der Waals surface area contributed by atoms with Crippen LogP contribution >= 0.6 is 0 Å². The molecule has 1 atom stereocenters. The first kappa shape index (κ1) is 17.1. The smallest absolute Gasteiger partial charge is 0.123 e. The zero-order chi connectivity index (χ0) is 18.0. The predicted octanol–water partition coefficient (Wildman–Crippen LogP) is 4.16. The molecule has 26 heavy (non-hydrogen) atoms. The lowest BCUT2D eigenvalue weighted by atomic mass is 9.79. The molecule has 0 aliphatic carbocycles. The molecule has 1 saturated heterocycles. The summed E-state index contributed by atoms with van der Waals surface area (Å²) in [6.07, 6.45) is 2.80. The summed E-state index contributed by atoms with van der Waals surface area (Å²) >= 11 is 0. The van der Waals surface area contributed by atoms with E-state index >= 15 is 0 Å². The van der Waals surface area contributed by atoms with Crippen LogP contribution < -0.4 is 0 Å². The minimum absolute atomic E-state index is 0.0829. The molecule has 3 aromatic rings. The van der Waals surface area contributed by atoms with Crippen LogP contribution in [-0.2, 0) is 16.7 Å². The fourth-order valence-corrected chi connectivity index (χ4v) is 4.01. The first-order valence-electron chi connectivity index (χ1n) is 9.01. The predicted molar refractivity (Wildman–Crippen MR) is 102 cm³/mol. The summed E-state index contributed by atoms with van der Waals surface area (Å²) in [7, 11) is 2.13. The van der Waals surface area contributed by atoms with Gasteiger partial charge < -0.3 is 9.64 Å². The van der Waals surface area contributed by atoms with Gasteiger partial charge in [-0.25, -0.2) is 4.39 Å². The minimum Gasteiger partial charge on any atom is -0.380 e. The van der Waals surface area contributed by atoms with Gasteiger partial charge in [-0.3, -0.25) is 4.98 Å². The van der Waals surface area contributed by atoms with Gasteiger partial charge in [0.1, 0.15) is 5.82 Å². The van der Waals surface area contributed by atoms with Crippen LogP contribution in [0.15, 0.2) is 60.8 Å². The van der Waals surface area contributed by atoms with Gasteiger partial charge in [-0.15, -0.1) is 0 Å². The van der Waals surface area contributed by atoms with Crippen LogP contribution in [0.3, 0.4) is 0 Å². The highest BCUT2D eigenvalue weighted by Crippen LogP contribution is 2.34. The van der Waals surface area contributed by atoms with Gasteiger partial charge in [0, 0.05) is 36.7 Å². The Morgan fingerprint density at radius 3 is 2.69 bits per heavy atom. The number of aromatic nitrogens is 1. The van der Waals surface area contributed by atoms with Gasteiger partial charge in [0.15, 0.2) is 0 Å². The number of para-hydroxylation sites is 1. The third-order valence-corrected chi connectivity index (χ3v) is 5.29. The van der Waals surface area contributed by atoms with E-state index in [1.165, 1.54) is 5.56 Å². The number of nitrogens with zero attached hydrogens (tertiary/aromatic N) is 2. The number of rotatable bonds is 5. The molecule has 0 amide bonds. The summed E-state index contributed by atoms with van der Waals surface area (Å²) in [5.41, 5.74) is 3.35. The number of halogens is 1. The Labute approximate surface area is 153 Å². The van der Waals surface area contributed by atoms with Gasteiger partial charge in [-0.05, 0) is 42.8 Å². The van der Waals surface area contributed by atoms with E-state index in [0.29, 0.717) is 6.61 Å². The van der Waals surface area contributed by atoms with Crippen molar-refractivity contribution in [3.63, 3.8) is 0 Å². The first-order valence-corrected chi connectivity index (χ1v) is 9.01. The normalized spacial score (nSPS) is 20.1. The molecule has 4 heteroatoms. The highest BCUT2D eigenvalue weighted by molar-refractivity contribution is 5.81. The number of hydrogen-bond acceptors (Lipinski definition) is 3. The Kier molecular flexibility index (Phi) is 4.70. The van der Waals surface area contributed by atoms with Gasteiger partial charge in [0.25, 0.3) is 0 Å². The molecule has 0 spiro atoms. The highest BCUT2D eigenvalue weighted by atomic mass is 19.1. The zero-order valence-corrected chi connectivity index (χ0v) is 15.0. The second kappa shape index (κ2) is 7.14. The van der Waals surface area contributed by atoms with Crippen LogP contribution in [0.1, 0.15) is 17.5 Å². The molecule has 0 bridgehead atoms. The van der Waals surface area contributed by atoms with E-state index < -0.39 is 0 Å². The summed E-state index contributed by atoms with van der Waals surface area (Å²) in [5, 5.41) is 1.16. The highest BCUT2D eigenvalue weighted by Gasteiger charge is 2.37. The lowest BCUT2D eigenvalue weighted by Crippen LogP contribution is -2.39. The average Bonchev–Trinajstić information content (AvgIpc) is 3.12. The molecule has 0 saturated carbocycles. The quantitative estimate of drug-likeness (QED) is 0.691. The number of likely N-dealkylation sites (N-methyl/N-ethyl adjacent to an activating group) is 1. The van der Waals surface area contributed by atoms with Gasteiger partial charge in [-0.1, -0.05) is 36.4 Å². The lowest BCUT2D eigenvalue weighted by Gasteiger charge is -2.33. The number of ether oxygens (including phenoxy) is 1. The van der Waals surface area contributed by atoms with Crippen LogP contribution in [0.4, 0.5) is 4.39 Å². The Morgan fingerprint density at radius 1 is 1.12 bits per heavy atom. The topological polar surface area (TPSA) is 25.4 Å². The maximum absolute atomic E-state index is 13.3. The minimum atomic E-state index is -0.196. The number of benzene rings is 2. The fraction of sp³-hybridized carbons (Fsp3) is 0.318. The van der Waals surface area contributed by atoms with Crippen molar-refractivity contribution in [3.05, 3.63) is 77.7 Å². The maximum atomic E-state index is 13.3. The Morgan fingerprint density at radius 2 is 1.92 bits per heavy atom. The largest absolute Gasteiger partial charge is 0.380 e. The summed E-state index contributed by atoms with van der Waals surface area (Å²) in [4.78, 5) is 6.88. The molecular formula is C22H23FN2O. The number of hydrogen-bond donors (Lipinski definition) is 0. The molecule has 2 aromatic carbocycles. The molecule has 134 valence electrons. The zero-order valence-electron chi connectivity index (χ0n) is 15.0. The lowest BCUT2D eigenvalue weighted by molar-refractivity contribution is 0.157. The Balaban J connectivity index is 1.57. The molecule has 3 nitrogen and oxygen atoms in total. The summed E-state index contributed by atoms with van der Waals surface area (Å²) < 4.78 is 19.1. The maximum Gasteiger partial charge on any atom is 0.123 e. The van der Waals surface area contributed by atoms with E-state index in [0.717, 1.165) is 42.6 Å². The summed E-state index contributed by atoms with van der Waals surface area (Å²) in [5.74, 6) is -0.196. The molecule has 1 aromatic heterocycles. The van der Waals surface area contributed by atoms with Crippen LogP contribution in [0.2, 0.25) is 0 Å². The molecule has 0 unspecified atom stereocenters. The van der Waals surface area contributed by atoms with E-state index in [1.807, 2.05) is 24.4 Å². The number of pyridine rings is 1. The molecule has 0 radical (unpaired) electrons. The summed E-state index contributed by atoms with van der Waals surface area (Å²) in [6, 6.07) is 17.3. The average molecular weight is 350 g/mol. The monoisotopic (exact) mass is 350 g/mol. The molecule has 4 rings (SSSR count). The van der Waals surface area contributed by atoms with Crippen molar-refractivity contribution < 1.29 is 9.13 Å². The standard InChI is InChI=1S/C22H23FN2O/c1-25(14-18-5-2-4-17-6-3-12-24-21(17)18)15-22(11-13-26-16-22)19-7-9-20(23)10-8-19/h2-10,12H,11,13-16H2,1H3/t22-/m0/s1. The van der Waals surface area contributed by atoms with E-state index in [1.54, 1.807) is 12.1 Å². The van der Waals surface area contributed by atoms with E-state index in [-0.39, 0.29) is 11.2 Å². The molecule has 2 heterocycles. The van der Waals surface area contributed by atoms with Gasteiger partial charge in [-0.2, -0.15) is 0 Å². The van der Waals surface area contributed by atoms with Crippen LogP contribution in [0.5, 0.6) is 0 Å². The molecule has 1 fully saturated rings. The second-order valence-electron chi connectivity index (χ2n) is 7.25. The van der Waals surface area contributed by atoms with Crippen molar-refractivity contribution in [2.45, 2.75) is 18.4 Å². The Bertz CT molecular complexity index is 883. The van der Waals surface area contributed by atoms with Crippen LogP contribution in [0, 0.1) is 5.82 Å². The Hall–Kier alpha value is -2.30. The van der Waals surface area contributed by atoms with Gasteiger partial charge >= 0.3 is 0 Å². The van der Waals surface area contributed by atoms with Crippen molar-refractivity contribution in [1.82, 2.24) is 9.88 Å². The third kappa shape index (κ3) is 3.35. The van der Waals surface area contributed by atoms with Crippen LogP contribution in [0.25, 0.3) is 10.9 Å². The fourth-order valence-electron chi connectivity index (χ4n) is 4.01. The van der Waals surface area contributed by atoms with Crippen LogP contribution in [-0.4, -0.2) is 36.7 Å². The second-order valence-corrected chi connectivity index (χ2v) is 7.25. The van der Waals surface area contributed by atoms with Gasteiger partial charge in [0.05, 0.1) is 12.1 Å². The SMILES string of the molecule is CN(Cc1cccc2cccnc12)C[C@@]1(c2ccc(F)cc2)CCOC1. The summed E-state index contributed by atoms with van der Waals surface area (Å²) in [6.45, 7) is 3.11. The molecule has 0 N–H and O–H groups in total. The van der Waals surface area contributed by atoms with E-state index in [2.05, 4.69) is 41.2 Å². The van der Waals surface area contributed by atoms with E-state index in [4.69, 9.17) is 4.74 Å². The van der Waals surface area contributed by atoms with Crippen molar-refractivity contribution >= 4 is 10.9 Å². The molecule has 1 aliphatic heterocycles. The third-order valence-electron chi connectivity index (χ3n) is 5.29. The van der Waals surface area contributed by atoms with Crippen molar-refractivity contribution in [2.75, 3.05) is 26.8 Å². The van der Waals surface area contributed by atoms with Gasteiger partial charge in [0.2, 0.25) is 0 Å². The molecule has 1 aliphatic rings. The molecular weight excluding hydrogens is 327 g/mol. The van der Waals surface area contributed by atoms with Crippen molar-refractivity contribution in [2.24, 2.45) is 0 Å². The van der Waals surface area contributed by atoms with Crippen molar-refractivity contribution in [3.8, 4) is 0 Å². The number of fused-ring (bicyclic) bond motifs is 1. The van der Waals surface area contributed by atoms with E-state index in [9.17, 15) is 4.39 Å².